The third-order valence-electron chi connectivity index (χ3n) is 3.99. The fraction of sp³-hybridized carbons (Fsp3) is 0.238. The van der Waals surface area contributed by atoms with Gasteiger partial charge in [-0.3, -0.25) is 4.79 Å². The molecule has 8 heteroatoms. The number of ether oxygens (including phenoxy) is 2. The summed E-state index contributed by atoms with van der Waals surface area (Å²) >= 11 is 12.2. The molecular weight excluding hydrogens is 413 g/mol. The highest BCUT2D eigenvalue weighted by Crippen LogP contribution is 2.26. The van der Waals surface area contributed by atoms with Crippen LogP contribution in [0.3, 0.4) is 0 Å². The molecule has 2 aromatic carbocycles. The number of aromatic nitrogens is 2. The van der Waals surface area contributed by atoms with Crippen molar-refractivity contribution in [3.8, 4) is 11.5 Å². The largest absolute Gasteiger partial charge is 0.490 e. The SMILES string of the molecule is CCCOc1ccccc1OCC(=O)Nc1ccnn1Cc1ccc(Cl)cc1Cl. The molecule has 3 rings (SSSR count). The van der Waals surface area contributed by atoms with Gasteiger partial charge >= 0.3 is 0 Å². The second kappa shape index (κ2) is 10.2. The van der Waals surface area contributed by atoms with Crippen molar-refractivity contribution in [2.24, 2.45) is 0 Å². The number of benzene rings is 2. The average Bonchev–Trinajstić information content (AvgIpc) is 3.14. The lowest BCUT2D eigenvalue weighted by Gasteiger charge is -2.13. The Hall–Kier alpha value is -2.70. The summed E-state index contributed by atoms with van der Waals surface area (Å²) in [6.07, 6.45) is 2.49. The topological polar surface area (TPSA) is 65.4 Å². The molecule has 1 N–H and O–H groups in total. The van der Waals surface area contributed by atoms with Gasteiger partial charge in [0.15, 0.2) is 18.1 Å². The lowest BCUT2D eigenvalue weighted by atomic mass is 10.2. The van der Waals surface area contributed by atoms with E-state index in [9.17, 15) is 4.79 Å². The molecule has 0 atom stereocenters. The summed E-state index contributed by atoms with van der Waals surface area (Å²) in [5.74, 6) is 1.38. The van der Waals surface area contributed by atoms with Crippen LogP contribution in [-0.2, 0) is 11.3 Å². The smallest absolute Gasteiger partial charge is 0.263 e. The number of halogens is 2. The Morgan fingerprint density at radius 2 is 1.86 bits per heavy atom. The minimum atomic E-state index is -0.306. The summed E-state index contributed by atoms with van der Waals surface area (Å²) in [6, 6.07) is 14.2. The fourth-order valence-electron chi connectivity index (χ4n) is 2.60. The van der Waals surface area contributed by atoms with E-state index in [2.05, 4.69) is 10.4 Å². The molecule has 1 amide bonds. The summed E-state index contributed by atoms with van der Waals surface area (Å²) in [5, 5.41) is 8.15. The molecule has 0 saturated carbocycles. The van der Waals surface area contributed by atoms with Gasteiger partial charge in [0.05, 0.1) is 19.3 Å². The van der Waals surface area contributed by atoms with Gasteiger partial charge < -0.3 is 14.8 Å². The summed E-state index contributed by atoms with van der Waals surface area (Å²) in [5.41, 5.74) is 0.841. The van der Waals surface area contributed by atoms with Crippen molar-refractivity contribution in [2.45, 2.75) is 19.9 Å². The normalized spacial score (nSPS) is 10.6. The van der Waals surface area contributed by atoms with E-state index in [1.807, 2.05) is 31.2 Å². The van der Waals surface area contributed by atoms with Gasteiger partial charge in [0.1, 0.15) is 5.82 Å². The van der Waals surface area contributed by atoms with Crippen LogP contribution in [0.1, 0.15) is 18.9 Å². The van der Waals surface area contributed by atoms with E-state index < -0.39 is 0 Å². The second-order valence-corrected chi connectivity index (χ2v) is 7.09. The zero-order valence-electron chi connectivity index (χ0n) is 15.9. The van der Waals surface area contributed by atoms with Crippen LogP contribution in [0.4, 0.5) is 5.82 Å². The summed E-state index contributed by atoms with van der Waals surface area (Å²) in [4.78, 5) is 12.4. The maximum absolute atomic E-state index is 12.4. The first-order valence-electron chi connectivity index (χ1n) is 9.17. The lowest BCUT2D eigenvalue weighted by Crippen LogP contribution is -2.22. The first kappa shape index (κ1) is 21.0. The Bertz CT molecular complexity index is 975. The molecule has 3 aromatic rings. The van der Waals surface area contributed by atoms with Crippen molar-refractivity contribution in [2.75, 3.05) is 18.5 Å². The van der Waals surface area contributed by atoms with Crippen LogP contribution in [-0.4, -0.2) is 28.9 Å². The fourth-order valence-corrected chi connectivity index (χ4v) is 3.07. The van der Waals surface area contributed by atoms with Crippen molar-refractivity contribution in [1.82, 2.24) is 9.78 Å². The average molecular weight is 434 g/mol. The quantitative estimate of drug-likeness (QED) is 0.512. The van der Waals surface area contributed by atoms with E-state index in [0.717, 1.165) is 12.0 Å². The van der Waals surface area contributed by atoms with Crippen LogP contribution in [0.25, 0.3) is 0 Å². The number of anilines is 1. The van der Waals surface area contributed by atoms with Crippen molar-refractivity contribution in [3.63, 3.8) is 0 Å². The van der Waals surface area contributed by atoms with Gasteiger partial charge in [-0.15, -0.1) is 0 Å². The minimum Gasteiger partial charge on any atom is -0.490 e. The predicted octanol–water partition coefficient (Wildman–Crippen LogP) is 5.04. The third kappa shape index (κ3) is 5.89. The number of para-hydroxylation sites is 2. The minimum absolute atomic E-state index is 0.153. The third-order valence-corrected chi connectivity index (χ3v) is 4.58. The Balaban J connectivity index is 1.60. The van der Waals surface area contributed by atoms with Gasteiger partial charge in [-0.05, 0) is 36.2 Å². The van der Waals surface area contributed by atoms with Crippen LogP contribution >= 0.6 is 23.2 Å². The number of rotatable bonds is 9. The van der Waals surface area contributed by atoms with Crippen LogP contribution in [0.15, 0.2) is 54.7 Å². The van der Waals surface area contributed by atoms with E-state index in [-0.39, 0.29) is 12.5 Å². The Kier molecular flexibility index (Phi) is 7.38. The highest BCUT2D eigenvalue weighted by Gasteiger charge is 2.12. The van der Waals surface area contributed by atoms with E-state index in [1.54, 1.807) is 35.1 Å². The molecule has 0 saturated heterocycles. The number of carbonyl (C=O) groups excluding carboxylic acids is 1. The van der Waals surface area contributed by atoms with Crippen molar-refractivity contribution >= 4 is 34.9 Å². The number of hydrogen-bond acceptors (Lipinski definition) is 4. The molecule has 152 valence electrons. The highest BCUT2D eigenvalue weighted by atomic mass is 35.5. The predicted molar refractivity (Wildman–Crippen MR) is 114 cm³/mol. The number of amides is 1. The molecule has 1 aromatic heterocycles. The monoisotopic (exact) mass is 433 g/mol. The Morgan fingerprint density at radius 3 is 2.59 bits per heavy atom. The van der Waals surface area contributed by atoms with Crippen LogP contribution in [0.2, 0.25) is 10.0 Å². The standard InChI is InChI=1S/C21H21Cl2N3O3/c1-2-11-28-18-5-3-4-6-19(18)29-14-21(27)25-20-9-10-24-26(20)13-15-7-8-16(22)12-17(15)23/h3-10,12H,2,11,13-14H2,1H3,(H,25,27). The molecule has 29 heavy (non-hydrogen) atoms. The van der Waals surface area contributed by atoms with E-state index in [4.69, 9.17) is 32.7 Å². The number of nitrogens with zero attached hydrogens (tertiary/aromatic N) is 2. The second-order valence-electron chi connectivity index (χ2n) is 6.24. The molecule has 0 spiro atoms. The molecule has 0 aliphatic rings. The van der Waals surface area contributed by atoms with Gasteiger partial charge in [-0.25, -0.2) is 4.68 Å². The highest BCUT2D eigenvalue weighted by molar-refractivity contribution is 6.35. The first-order valence-corrected chi connectivity index (χ1v) is 9.92. The molecule has 0 aliphatic carbocycles. The summed E-state index contributed by atoms with van der Waals surface area (Å²) in [7, 11) is 0. The molecule has 1 heterocycles. The summed E-state index contributed by atoms with van der Waals surface area (Å²) in [6.45, 7) is 2.85. The Morgan fingerprint density at radius 1 is 1.10 bits per heavy atom. The van der Waals surface area contributed by atoms with Crippen LogP contribution in [0, 0.1) is 0 Å². The maximum Gasteiger partial charge on any atom is 0.263 e. The number of hydrogen-bond donors (Lipinski definition) is 1. The molecule has 0 unspecified atom stereocenters. The molecule has 0 radical (unpaired) electrons. The van der Waals surface area contributed by atoms with E-state index in [1.165, 1.54) is 0 Å². The summed E-state index contributed by atoms with van der Waals surface area (Å²) < 4.78 is 12.9. The zero-order chi connectivity index (χ0) is 20.6. The van der Waals surface area contributed by atoms with Gasteiger partial charge in [-0.1, -0.05) is 48.3 Å². The van der Waals surface area contributed by atoms with Crippen LogP contribution in [0.5, 0.6) is 11.5 Å². The first-order chi connectivity index (χ1) is 14.1. The van der Waals surface area contributed by atoms with Crippen molar-refractivity contribution in [3.05, 3.63) is 70.3 Å². The van der Waals surface area contributed by atoms with E-state index >= 15 is 0 Å². The van der Waals surface area contributed by atoms with Crippen molar-refractivity contribution in [1.29, 1.82) is 0 Å². The van der Waals surface area contributed by atoms with Crippen molar-refractivity contribution < 1.29 is 14.3 Å². The number of carbonyl (C=O) groups is 1. The molecule has 0 bridgehead atoms. The van der Waals surface area contributed by atoms with Gasteiger partial charge in [0.25, 0.3) is 5.91 Å². The molecular formula is C21H21Cl2N3O3. The molecule has 6 nitrogen and oxygen atoms in total. The van der Waals surface area contributed by atoms with Gasteiger partial charge in [-0.2, -0.15) is 5.10 Å². The Labute approximate surface area is 179 Å². The molecule has 0 fully saturated rings. The molecule has 0 aliphatic heterocycles. The van der Waals surface area contributed by atoms with Crippen LogP contribution < -0.4 is 14.8 Å². The zero-order valence-corrected chi connectivity index (χ0v) is 17.4. The number of nitrogens with one attached hydrogen (secondary N) is 1. The maximum atomic E-state index is 12.4. The lowest BCUT2D eigenvalue weighted by molar-refractivity contribution is -0.118. The van der Waals surface area contributed by atoms with Gasteiger partial charge in [0.2, 0.25) is 0 Å². The van der Waals surface area contributed by atoms with Gasteiger partial charge in [0, 0.05) is 16.1 Å². The van der Waals surface area contributed by atoms with E-state index in [0.29, 0.717) is 40.5 Å².